The second-order valence-electron chi connectivity index (χ2n) is 5.84. The number of carbonyl (C=O) groups excluding carboxylic acids is 1. The van der Waals surface area contributed by atoms with Gasteiger partial charge < -0.3 is 15.5 Å². The zero-order valence-electron chi connectivity index (χ0n) is 14.1. The Hall–Kier alpha value is -1.52. The lowest BCUT2D eigenvalue weighted by Crippen LogP contribution is -2.47. The quantitative estimate of drug-likeness (QED) is 0.309. The lowest BCUT2D eigenvalue weighted by atomic mass is 10.00. The number of carbonyl (C=O) groups is 1. The van der Waals surface area contributed by atoms with Crippen molar-refractivity contribution in [2.24, 2.45) is 10.9 Å². The molecule has 1 aromatic rings. The summed E-state index contributed by atoms with van der Waals surface area (Å²) in [5.74, 6) is -3.66. The van der Waals surface area contributed by atoms with Crippen LogP contribution in [0.3, 0.4) is 0 Å². The van der Waals surface area contributed by atoms with Gasteiger partial charge in [-0.1, -0.05) is 6.92 Å². The van der Waals surface area contributed by atoms with Crippen LogP contribution >= 0.6 is 24.0 Å². The van der Waals surface area contributed by atoms with Gasteiger partial charge >= 0.3 is 0 Å². The number of hydrogen-bond donors (Lipinski definition) is 2. The van der Waals surface area contributed by atoms with E-state index < -0.39 is 29.0 Å². The van der Waals surface area contributed by atoms with Crippen molar-refractivity contribution in [3.63, 3.8) is 0 Å². The molecule has 1 aliphatic rings. The van der Waals surface area contributed by atoms with Crippen LogP contribution < -0.4 is 10.6 Å². The van der Waals surface area contributed by atoms with Gasteiger partial charge in [0.05, 0.1) is 12.2 Å². The van der Waals surface area contributed by atoms with Crippen molar-refractivity contribution in [2.45, 2.75) is 19.8 Å². The van der Waals surface area contributed by atoms with Gasteiger partial charge in [-0.2, -0.15) is 0 Å². The molecule has 25 heavy (non-hydrogen) atoms. The summed E-state index contributed by atoms with van der Waals surface area (Å²) in [4.78, 5) is 18.1. The number of nitrogens with one attached hydrogen (secondary N) is 2. The molecule has 0 aromatic heterocycles. The summed E-state index contributed by atoms with van der Waals surface area (Å²) in [5.41, 5.74) is -0.400. The Morgan fingerprint density at radius 2 is 1.88 bits per heavy atom. The van der Waals surface area contributed by atoms with E-state index in [9.17, 15) is 18.0 Å². The van der Waals surface area contributed by atoms with Crippen molar-refractivity contribution < 1.29 is 18.0 Å². The van der Waals surface area contributed by atoms with Gasteiger partial charge in [-0.15, -0.1) is 24.0 Å². The first kappa shape index (κ1) is 21.5. The number of hydrogen-bond acceptors (Lipinski definition) is 2. The molecule has 140 valence electrons. The van der Waals surface area contributed by atoms with Gasteiger partial charge in [-0.25, -0.2) is 13.2 Å². The van der Waals surface area contributed by atoms with Crippen LogP contribution in [0.2, 0.25) is 0 Å². The number of likely N-dealkylation sites (tertiary alicyclic amines) is 1. The maximum Gasteiger partial charge on any atom is 0.243 e. The maximum atomic E-state index is 13.5. The van der Waals surface area contributed by atoms with Crippen molar-refractivity contribution in [1.29, 1.82) is 0 Å². The zero-order valence-corrected chi connectivity index (χ0v) is 16.4. The highest BCUT2D eigenvalue weighted by atomic mass is 127. The topological polar surface area (TPSA) is 56.7 Å². The molecule has 1 aromatic carbocycles. The number of rotatable bonds is 3. The Labute approximate surface area is 162 Å². The van der Waals surface area contributed by atoms with Crippen LogP contribution in [0.15, 0.2) is 17.1 Å². The summed E-state index contributed by atoms with van der Waals surface area (Å²) in [6.45, 7) is 3.73. The largest absolute Gasteiger partial charge is 0.347 e. The SMILES string of the molecule is CN=C(NCC(=O)Nc1ccc(F)c(F)c1F)N1CCC(C)CC1.I. The highest BCUT2D eigenvalue weighted by Crippen LogP contribution is 2.19. The molecule has 1 aliphatic heterocycles. The first-order valence-electron chi connectivity index (χ1n) is 7.81. The lowest BCUT2D eigenvalue weighted by molar-refractivity contribution is -0.115. The minimum atomic E-state index is -1.61. The molecular formula is C16H22F3IN4O. The number of benzene rings is 1. The summed E-state index contributed by atoms with van der Waals surface area (Å²) in [6.07, 6.45) is 2.10. The van der Waals surface area contributed by atoms with Crippen LogP contribution in [0.1, 0.15) is 19.8 Å². The van der Waals surface area contributed by atoms with Crippen molar-refractivity contribution in [1.82, 2.24) is 10.2 Å². The molecule has 0 bridgehead atoms. The van der Waals surface area contributed by atoms with Gasteiger partial charge in [0.2, 0.25) is 5.91 Å². The van der Waals surface area contributed by atoms with Crippen LogP contribution in [-0.4, -0.2) is 43.4 Å². The van der Waals surface area contributed by atoms with Gasteiger partial charge in [-0.05, 0) is 30.9 Å². The highest BCUT2D eigenvalue weighted by molar-refractivity contribution is 14.0. The average Bonchev–Trinajstić information content (AvgIpc) is 2.57. The monoisotopic (exact) mass is 470 g/mol. The second kappa shape index (κ2) is 9.83. The van der Waals surface area contributed by atoms with Crippen LogP contribution in [0, 0.1) is 23.4 Å². The summed E-state index contributed by atoms with van der Waals surface area (Å²) >= 11 is 0. The van der Waals surface area contributed by atoms with E-state index in [2.05, 4.69) is 22.5 Å². The molecule has 1 fully saturated rings. The molecule has 0 atom stereocenters. The van der Waals surface area contributed by atoms with Crippen molar-refractivity contribution in [3.8, 4) is 0 Å². The second-order valence-corrected chi connectivity index (χ2v) is 5.84. The number of piperidine rings is 1. The molecule has 5 nitrogen and oxygen atoms in total. The number of guanidine groups is 1. The molecule has 9 heteroatoms. The molecule has 0 saturated carbocycles. The van der Waals surface area contributed by atoms with E-state index in [1.54, 1.807) is 7.05 Å². The number of aliphatic imine (C=N–C) groups is 1. The standard InChI is InChI=1S/C16H21F3N4O.HI/c1-10-5-7-23(8-6-10)16(20-2)21-9-13(24)22-12-4-3-11(17)14(18)15(12)19;/h3-4,10H,5-9H2,1-2H3,(H,20,21)(H,22,24);1H. The van der Waals surface area contributed by atoms with Crippen molar-refractivity contribution in [3.05, 3.63) is 29.6 Å². The average molecular weight is 470 g/mol. The Kier molecular flexibility index (Phi) is 8.46. The van der Waals surface area contributed by atoms with Crippen molar-refractivity contribution in [2.75, 3.05) is 32.0 Å². The smallest absolute Gasteiger partial charge is 0.243 e. The molecule has 1 heterocycles. The fourth-order valence-corrected chi connectivity index (χ4v) is 2.53. The van der Waals surface area contributed by atoms with Gasteiger partial charge in [0.1, 0.15) is 0 Å². The lowest BCUT2D eigenvalue weighted by Gasteiger charge is -2.32. The maximum absolute atomic E-state index is 13.5. The van der Waals surface area contributed by atoms with Crippen LogP contribution in [0.25, 0.3) is 0 Å². The van der Waals surface area contributed by atoms with E-state index in [0.717, 1.165) is 38.1 Å². The molecule has 0 unspecified atom stereocenters. The molecule has 0 spiro atoms. The van der Waals surface area contributed by atoms with Crippen LogP contribution in [0.5, 0.6) is 0 Å². The minimum Gasteiger partial charge on any atom is -0.347 e. The summed E-state index contributed by atoms with van der Waals surface area (Å²) < 4.78 is 39.5. The molecule has 1 amide bonds. The first-order chi connectivity index (χ1) is 11.4. The minimum absolute atomic E-state index is 0. The van der Waals surface area contributed by atoms with E-state index in [1.165, 1.54) is 0 Å². The molecular weight excluding hydrogens is 448 g/mol. The van der Waals surface area contributed by atoms with Crippen LogP contribution in [0.4, 0.5) is 18.9 Å². The molecule has 0 aliphatic carbocycles. The van der Waals surface area contributed by atoms with E-state index in [1.807, 2.05) is 4.90 Å². The molecule has 0 radical (unpaired) electrons. The number of halogens is 4. The van der Waals surface area contributed by atoms with E-state index in [4.69, 9.17) is 0 Å². The van der Waals surface area contributed by atoms with E-state index in [-0.39, 0.29) is 30.5 Å². The normalized spacial score (nSPS) is 15.6. The van der Waals surface area contributed by atoms with Crippen molar-refractivity contribution >= 4 is 41.5 Å². The Bertz CT molecular complexity index is 634. The Morgan fingerprint density at radius 3 is 2.48 bits per heavy atom. The molecule has 2 N–H and O–H groups in total. The van der Waals surface area contributed by atoms with E-state index in [0.29, 0.717) is 11.9 Å². The zero-order chi connectivity index (χ0) is 17.7. The predicted octanol–water partition coefficient (Wildman–Crippen LogP) is 2.97. The fraction of sp³-hybridized carbons (Fsp3) is 0.500. The number of amides is 1. The van der Waals surface area contributed by atoms with Gasteiger partial charge in [-0.3, -0.25) is 9.79 Å². The van der Waals surface area contributed by atoms with Gasteiger partial charge in [0.15, 0.2) is 23.4 Å². The summed E-state index contributed by atoms with van der Waals surface area (Å²) in [6, 6.07) is 1.74. The van der Waals surface area contributed by atoms with Gasteiger partial charge in [0, 0.05) is 20.1 Å². The fourth-order valence-electron chi connectivity index (χ4n) is 2.53. The molecule has 1 saturated heterocycles. The summed E-state index contributed by atoms with van der Waals surface area (Å²) in [7, 11) is 1.62. The Balaban J connectivity index is 0.00000312. The third kappa shape index (κ3) is 5.75. The third-order valence-corrected chi connectivity index (χ3v) is 4.01. The Morgan fingerprint density at radius 1 is 1.24 bits per heavy atom. The predicted molar refractivity (Wildman–Crippen MR) is 102 cm³/mol. The van der Waals surface area contributed by atoms with E-state index >= 15 is 0 Å². The van der Waals surface area contributed by atoms with Crippen LogP contribution in [-0.2, 0) is 4.79 Å². The first-order valence-corrected chi connectivity index (χ1v) is 7.81. The third-order valence-electron chi connectivity index (χ3n) is 4.01. The number of anilines is 1. The van der Waals surface area contributed by atoms with Gasteiger partial charge in [0.25, 0.3) is 0 Å². The molecule has 2 rings (SSSR count). The highest BCUT2D eigenvalue weighted by Gasteiger charge is 2.19. The number of nitrogens with zero attached hydrogens (tertiary/aromatic N) is 2. The summed E-state index contributed by atoms with van der Waals surface area (Å²) in [5, 5.41) is 5.10.